The second-order valence-electron chi connectivity index (χ2n) is 7.98. The number of ether oxygens (including phenoxy) is 8. The van der Waals surface area contributed by atoms with Gasteiger partial charge in [0.2, 0.25) is 0 Å². The lowest BCUT2D eigenvalue weighted by Crippen LogP contribution is -2.25. The molecule has 0 unspecified atom stereocenters. The fourth-order valence-corrected chi connectivity index (χ4v) is 2.93. The molecule has 1 rings (SSSR count). The molecule has 0 radical (unpaired) electrons. The number of aryl methyl sites for hydroxylation is 1. The van der Waals surface area contributed by atoms with E-state index in [9.17, 15) is 4.79 Å². The highest BCUT2D eigenvalue weighted by molar-refractivity contribution is 5.64. The number of hydrogen-bond acceptors (Lipinski definition) is 10. The standard InChI is InChI=1S/C26H46N2O10/c27-25-5-3-24(4-6-25)2-1-8-31-10-12-33-14-16-35-18-20-37-22-23-38-21-19-36-17-15-34-13-11-32-9-7-28-26(29)30/h3-6,28H,1-2,7-23,27H2,(H,29,30). The quantitative estimate of drug-likeness (QED) is 0.104. The summed E-state index contributed by atoms with van der Waals surface area (Å²) in [6, 6.07) is 7.93. The highest BCUT2D eigenvalue weighted by atomic mass is 16.6. The molecule has 4 N–H and O–H groups in total. The van der Waals surface area contributed by atoms with Crippen molar-refractivity contribution in [2.24, 2.45) is 0 Å². The van der Waals surface area contributed by atoms with E-state index in [1.54, 1.807) is 0 Å². The van der Waals surface area contributed by atoms with Gasteiger partial charge in [0.1, 0.15) is 0 Å². The van der Waals surface area contributed by atoms with Gasteiger partial charge in [0.05, 0.1) is 99.1 Å². The zero-order valence-electron chi connectivity index (χ0n) is 22.4. The smallest absolute Gasteiger partial charge is 0.404 e. The van der Waals surface area contributed by atoms with Gasteiger partial charge in [-0.15, -0.1) is 0 Å². The predicted octanol–water partition coefficient (Wildman–Crippen LogP) is 1.60. The lowest BCUT2D eigenvalue weighted by molar-refractivity contribution is -0.0230. The molecular weight excluding hydrogens is 500 g/mol. The number of nitrogens with one attached hydrogen (secondary N) is 1. The van der Waals surface area contributed by atoms with Crippen LogP contribution in [0.5, 0.6) is 0 Å². The SMILES string of the molecule is Nc1ccc(CCCOCCOCCOCCOCCOCCOCCOCCOCCNC(=O)O)cc1. The molecule has 0 bridgehead atoms. The van der Waals surface area contributed by atoms with Crippen LogP contribution in [0.2, 0.25) is 0 Å². The molecule has 0 saturated heterocycles. The van der Waals surface area contributed by atoms with Crippen LogP contribution in [-0.4, -0.2) is 123 Å². The number of anilines is 1. The Morgan fingerprint density at radius 1 is 0.579 bits per heavy atom. The number of nitrogens with two attached hydrogens (primary N) is 1. The van der Waals surface area contributed by atoms with Crippen LogP contribution >= 0.6 is 0 Å². The number of carboxylic acid groups (broad SMARTS) is 1. The van der Waals surface area contributed by atoms with E-state index in [1.807, 2.05) is 24.3 Å². The van der Waals surface area contributed by atoms with Crippen molar-refractivity contribution >= 4 is 11.8 Å². The fourth-order valence-electron chi connectivity index (χ4n) is 2.93. The van der Waals surface area contributed by atoms with Crippen molar-refractivity contribution in [2.45, 2.75) is 12.8 Å². The number of benzene rings is 1. The Balaban J connectivity index is 1.65. The summed E-state index contributed by atoms with van der Waals surface area (Å²) in [4.78, 5) is 10.2. The van der Waals surface area contributed by atoms with Gasteiger partial charge in [0.25, 0.3) is 0 Å². The first-order valence-electron chi connectivity index (χ1n) is 13.1. The lowest BCUT2D eigenvalue weighted by atomic mass is 10.1. The molecule has 0 aliphatic heterocycles. The Bertz CT molecular complexity index is 651. The molecular formula is C26H46N2O10. The summed E-state index contributed by atoms with van der Waals surface area (Å²) in [5.41, 5.74) is 7.73. The van der Waals surface area contributed by atoms with Crippen molar-refractivity contribution in [2.75, 3.05) is 118 Å². The van der Waals surface area contributed by atoms with Crippen LogP contribution in [0.3, 0.4) is 0 Å². The first-order chi connectivity index (χ1) is 18.7. The minimum Gasteiger partial charge on any atom is -0.465 e. The summed E-state index contributed by atoms with van der Waals surface area (Å²) in [6.45, 7) is 8.25. The van der Waals surface area contributed by atoms with E-state index >= 15 is 0 Å². The number of carbonyl (C=O) groups is 1. The van der Waals surface area contributed by atoms with Crippen LogP contribution in [0.15, 0.2) is 24.3 Å². The van der Waals surface area contributed by atoms with E-state index < -0.39 is 6.09 Å². The first kappa shape index (κ1) is 34.0. The molecule has 0 aliphatic rings. The molecule has 0 heterocycles. The molecule has 12 nitrogen and oxygen atoms in total. The van der Waals surface area contributed by atoms with Crippen molar-refractivity contribution < 1.29 is 47.8 Å². The van der Waals surface area contributed by atoms with E-state index in [1.165, 1.54) is 5.56 Å². The van der Waals surface area contributed by atoms with Gasteiger partial charge in [-0.05, 0) is 30.5 Å². The topological polar surface area (TPSA) is 149 Å². The zero-order valence-corrected chi connectivity index (χ0v) is 22.4. The number of nitrogen functional groups attached to an aromatic ring is 1. The summed E-state index contributed by atoms with van der Waals surface area (Å²) >= 11 is 0. The molecule has 1 amide bonds. The van der Waals surface area contributed by atoms with Crippen LogP contribution in [0.25, 0.3) is 0 Å². The Hall–Kier alpha value is -2.03. The monoisotopic (exact) mass is 546 g/mol. The fraction of sp³-hybridized carbons (Fsp3) is 0.731. The summed E-state index contributed by atoms with van der Waals surface area (Å²) in [5.74, 6) is 0. The maximum absolute atomic E-state index is 10.2. The molecule has 220 valence electrons. The molecule has 0 atom stereocenters. The van der Waals surface area contributed by atoms with Crippen molar-refractivity contribution in [1.82, 2.24) is 5.32 Å². The molecule has 0 aromatic heterocycles. The van der Waals surface area contributed by atoms with Crippen LogP contribution in [-0.2, 0) is 44.3 Å². The third kappa shape index (κ3) is 24.3. The van der Waals surface area contributed by atoms with E-state index in [0.29, 0.717) is 106 Å². The molecule has 1 aromatic rings. The van der Waals surface area contributed by atoms with Crippen LogP contribution in [0.1, 0.15) is 12.0 Å². The maximum atomic E-state index is 10.2. The van der Waals surface area contributed by atoms with Gasteiger partial charge >= 0.3 is 6.09 Å². The molecule has 1 aromatic carbocycles. The molecule has 38 heavy (non-hydrogen) atoms. The van der Waals surface area contributed by atoms with Crippen molar-refractivity contribution in [3.8, 4) is 0 Å². The third-order valence-electron chi connectivity index (χ3n) is 4.86. The highest BCUT2D eigenvalue weighted by Gasteiger charge is 1.97. The van der Waals surface area contributed by atoms with Crippen LogP contribution in [0, 0.1) is 0 Å². The average Bonchev–Trinajstić information content (AvgIpc) is 2.91. The van der Waals surface area contributed by atoms with Crippen LogP contribution in [0.4, 0.5) is 10.5 Å². The Kier molecular flexibility index (Phi) is 23.8. The van der Waals surface area contributed by atoms with Crippen molar-refractivity contribution in [3.63, 3.8) is 0 Å². The second-order valence-corrected chi connectivity index (χ2v) is 7.98. The minimum absolute atomic E-state index is 0.262. The summed E-state index contributed by atoms with van der Waals surface area (Å²) in [5, 5.41) is 10.6. The van der Waals surface area contributed by atoms with Gasteiger partial charge in [-0.2, -0.15) is 0 Å². The average molecular weight is 547 g/mol. The van der Waals surface area contributed by atoms with Gasteiger partial charge in [0.15, 0.2) is 0 Å². The Morgan fingerprint density at radius 2 is 0.921 bits per heavy atom. The second kappa shape index (κ2) is 26.6. The molecule has 0 aliphatic carbocycles. The van der Waals surface area contributed by atoms with Gasteiger partial charge in [-0.3, -0.25) is 0 Å². The molecule has 12 heteroatoms. The molecule has 0 saturated carbocycles. The normalized spacial score (nSPS) is 11.2. The van der Waals surface area contributed by atoms with Gasteiger partial charge in [0, 0.05) is 18.8 Å². The summed E-state index contributed by atoms with van der Waals surface area (Å²) < 4.78 is 43.3. The van der Waals surface area contributed by atoms with Crippen molar-refractivity contribution in [3.05, 3.63) is 29.8 Å². The molecule has 0 fully saturated rings. The summed E-state index contributed by atoms with van der Waals surface area (Å²) in [6.07, 6.45) is 0.890. The van der Waals surface area contributed by atoms with Crippen molar-refractivity contribution in [1.29, 1.82) is 0 Å². The van der Waals surface area contributed by atoms with E-state index in [4.69, 9.17) is 48.7 Å². The molecule has 0 spiro atoms. The van der Waals surface area contributed by atoms with E-state index in [2.05, 4.69) is 5.32 Å². The van der Waals surface area contributed by atoms with E-state index in [0.717, 1.165) is 18.5 Å². The third-order valence-corrected chi connectivity index (χ3v) is 4.86. The van der Waals surface area contributed by atoms with E-state index in [-0.39, 0.29) is 6.54 Å². The Morgan fingerprint density at radius 3 is 1.29 bits per heavy atom. The maximum Gasteiger partial charge on any atom is 0.404 e. The largest absolute Gasteiger partial charge is 0.465 e. The number of rotatable bonds is 28. The Labute approximate surface area is 225 Å². The summed E-state index contributed by atoms with van der Waals surface area (Å²) in [7, 11) is 0. The lowest BCUT2D eigenvalue weighted by Gasteiger charge is -2.09. The zero-order chi connectivity index (χ0) is 27.4. The van der Waals surface area contributed by atoms with Gasteiger partial charge < -0.3 is 54.1 Å². The van der Waals surface area contributed by atoms with Gasteiger partial charge in [-0.25, -0.2) is 4.79 Å². The minimum atomic E-state index is -1.06. The first-order valence-corrected chi connectivity index (χ1v) is 13.1. The number of amides is 1. The van der Waals surface area contributed by atoms with Crippen LogP contribution < -0.4 is 11.1 Å². The highest BCUT2D eigenvalue weighted by Crippen LogP contribution is 2.07. The number of hydrogen-bond donors (Lipinski definition) is 3. The predicted molar refractivity (Wildman–Crippen MR) is 142 cm³/mol. The van der Waals surface area contributed by atoms with Gasteiger partial charge in [-0.1, -0.05) is 12.1 Å².